The van der Waals surface area contributed by atoms with Crippen LogP contribution in [-0.4, -0.2) is 19.5 Å². The molecule has 3 heterocycles. The number of imidazole rings is 1. The first-order valence-corrected chi connectivity index (χ1v) is 7.73. The maximum atomic E-state index is 13.3. The lowest BCUT2D eigenvalue weighted by atomic mass is 10.2. The van der Waals surface area contributed by atoms with Gasteiger partial charge in [0.05, 0.1) is 17.2 Å². The number of aromatic nitrogens is 4. The number of hydrogen-bond donors (Lipinski definition) is 0. The Morgan fingerprint density at radius 2 is 1.79 bits per heavy atom. The Balaban J connectivity index is 2.05. The molecule has 4 aromatic rings. The summed E-state index contributed by atoms with van der Waals surface area (Å²) in [6, 6.07) is 11.7. The van der Waals surface area contributed by atoms with E-state index in [1.807, 2.05) is 23.6 Å². The van der Waals surface area contributed by atoms with Gasteiger partial charge in [0, 0.05) is 23.1 Å². The molecule has 0 aliphatic rings. The normalized spacial score (nSPS) is 11.1. The van der Waals surface area contributed by atoms with Crippen LogP contribution in [0.25, 0.3) is 28.1 Å². The second-order valence-electron chi connectivity index (χ2n) is 5.38. The average molecular weight is 339 g/mol. The summed E-state index contributed by atoms with van der Waals surface area (Å²) in [7, 11) is 0. The molecular formula is C18H12ClFN4. The largest absolute Gasteiger partial charge is 0.291 e. The molecule has 24 heavy (non-hydrogen) atoms. The maximum Gasteiger partial charge on any atom is 0.147 e. The van der Waals surface area contributed by atoms with Gasteiger partial charge in [0.1, 0.15) is 16.8 Å². The molecule has 0 saturated heterocycles. The number of rotatable bonds is 2. The van der Waals surface area contributed by atoms with Crippen LogP contribution in [0.2, 0.25) is 5.15 Å². The molecule has 118 valence electrons. The molecule has 0 aliphatic carbocycles. The third-order valence-corrected chi connectivity index (χ3v) is 4.04. The zero-order chi connectivity index (χ0) is 16.7. The molecule has 4 nitrogen and oxygen atoms in total. The molecule has 0 amide bonds. The summed E-state index contributed by atoms with van der Waals surface area (Å²) in [6.45, 7) is 1.88. The molecule has 3 aromatic heterocycles. The predicted molar refractivity (Wildman–Crippen MR) is 91.8 cm³/mol. The fraction of sp³-hybridized carbons (Fsp3) is 0.0556. The molecular weight excluding hydrogens is 327 g/mol. The Hall–Kier alpha value is -2.79. The van der Waals surface area contributed by atoms with E-state index in [9.17, 15) is 4.39 Å². The number of hydrogen-bond acceptors (Lipinski definition) is 3. The number of halogens is 2. The van der Waals surface area contributed by atoms with Crippen molar-refractivity contribution in [1.82, 2.24) is 19.5 Å². The lowest BCUT2D eigenvalue weighted by Gasteiger charge is -2.11. The van der Waals surface area contributed by atoms with Crippen LogP contribution in [0.4, 0.5) is 4.39 Å². The van der Waals surface area contributed by atoms with Crippen LogP contribution >= 0.6 is 11.6 Å². The molecule has 6 heteroatoms. The van der Waals surface area contributed by atoms with E-state index in [1.165, 1.54) is 12.1 Å². The number of fused-ring (bicyclic) bond motifs is 1. The van der Waals surface area contributed by atoms with Gasteiger partial charge in [-0.15, -0.1) is 0 Å². The van der Waals surface area contributed by atoms with Crippen molar-refractivity contribution in [3.8, 4) is 17.1 Å². The minimum absolute atomic E-state index is 0.285. The molecule has 0 spiro atoms. The topological polar surface area (TPSA) is 43.6 Å². The van der Waals surface area contributed by atoms with Crippen molar-refractivity contribution >= 4 is 22.6 Å². The van der Waals surface area contributed by atoms with Gasteiger partial charge in [0.25, 0.3) is 0 Å². The van der Waals surface area contributed by atoms with Crippen molar-refractivity contribution in [3.63, 3.8) is 0 Å². The Bertz CT molecular complexity index is 1040. The zero-order valence-corrected chi connectivity index (χ0v) is 13.5. The fourth-order valence-electron chi connectivity index (χ4n) is 2.72. The highest BCUT2D eigenvalue weighted by Gasteiger charge is 2.16. The number of aryl methyl sites for hydroxylation is 1. The lowest BCUT2D eigenvalue weighted by Crippen LogP contribution is -2.00. The first-order valence-electron chi connectivity index (χ1n) is 7.35. The number of benzene rings is 1. The van der Waals surface area contributed by atoms with E-state index in [-0.39, 0.29) is 5.82 Å². The average Bonchev–Trinajstić information content (AvgIpc) is 2.95. The van der Waals surface area contributed by atoms with Crippen molar-refractivity contribution in [2.75, 3.05) is 0 Å². The minimum Gasteiger partial charge on any atom is -0.291 e. The van der Waals surface area contributed by atoms with Crippen LogP contribution in [0.5, 0.6) is 0 Å². The summed E-state index contributed by atoms with van der Waals surface area (Å²) in [5.41, 5.74) is 4.08. The summed E-state index contributed by atoms with van der Waals surface area (Å²) >= 11 is 5.97. The van der Waals surface area contributed by atoms with Crippen molar-refractivity contribution < 1.29 is 4.39 Å². The van der Waals surface area contributed by atoms with Gasteiger partial charge in [-0.1, -0.05) is 11.6 Å². The summed E-state index contributed by atoms with van der Waals surface area (Å²) < 4.78 is 15.3. The molecule has 0 saturated carbocycles. The Kier molecular flexibility index (Phi) is 3.50. The third kappa shape index (κ3) is 2.43. The summed E-state index contributed by atoms with van der Waals surface area (Å²) in [5, 5.41) is 0.433. The second kappa shape index (κ2) is 5.69. The molecule has 4 rings (SSSR count). The summed E-state index contributed by atoms with van der Waals surface area (Å²) in [4.78, 5) is 13.2. The van der Waals surface area contributed by atoms with E-state index in [2.05, 4.69) is 9.97 Å². The van der Waals surface area contributed by atoms with E-state index < -0.39 is 0 Å². The van der Waals surface area contributed by atoms with Crippen LogP contribution in [0, 0.1) is 12.7 Å². The first kappa shape index (κ1) is 14.8. The molecule has 0 radical (unpaired) electrons. The van der Waals surface area contributed by atoms with E-state index >= 15 is 0 Å². The smallest absolute Gasteiger partial charge is 0.147 e. The number of pyridine rings is 2. The van der Waals surface area contributed by atoms with Crippen LogP contribution < -0.4 is 0 Å². The Labute approximate surface area is 142 Å². The van der Waals surface area contributed by atoms with Crippen LogP contribution in [0.3, 0.4) is 0 Å². The van der Waals surface area contributed by atoms with E-state index in [1.54, 1.807) is 30.6 Å². The van der Waals surface area contributed by atoms with E-state index in [0.29, 0.717) is 11.0 Å². The van der Waals surface area contributed by atoms with Crippen LogP contribution in [0.15, 0.2) is 54.9 Å². The first-order chi connectivity index (χ1) is 11.6. The third-order valence-electron chi connectivity index (χ3n) is 3.83. The molecule has 0 aliphatic heterocycles. The standard InChI is InChI=1S/C18H12ClFN4/c1-11-14(6-7-17(19)22-11)18-23-15-8-9-21-10-16(15)24(18)13-4-2-12(20)3-5-13/h2-10H,1H3. The monoisotopic (exact) mass is 338 g/mol. The van der Waals surface area contributed by atoms with Crippen molar-refractivity contribution in [1.29, 1.82) is 0 Å². The summed E-state index contributed by atoms with van der Waals surface area (Å²) in [6.07, 6.45) is 3.44. The number of nitrogens with zero attached hydrogens (tertiary/aromatic N) is 4. The van der Waals surface area contributed by atoms with Crippen molar-refractivity contribution in [2.24, 2.45) is 0 Å². The van der Waals surface area contributed by atoms with Gasteiger partial charge in [0.15, 0.2) is 0 Å². The van der Waals surface area contributed by atoms with Crippen LogP contribution in [-0.2, 0) is 0 Å². The fourth-order valence-corrected chi connectivity index (χ4v) is 2.91. The molecule has 0 bridgehead atoms. The lowest BCUT2D eigenvalue weighted by molar-refractivity contribution is 0.627. The summed E-state index contributed by atoms with van der Waals surface area (Å²) in [5.74, 6) is 0.429. The second-order valence-corrected chi connectivity index (χ2v) is 5.77. The van der Waals surface area contributed by atoms with Gasteiger partial charge in [-0.05, 0) is 49.4 Å². The quantitative estimate of drug-likeness (QED) is 0.502. The minimum atomic E-state index is -0.285. The molecule has 0 N–H and O–H groups in total. The highest BCUT2D eigenvalue weighted by atomic mass is 35.5. The van der Waals surface area contributed by atoms with E-state index in [4.69, 9.17) is 16.6 Å². The zero-order valence-electron chi connectivity index (χ0n) is 12.7. The van der Waals surface area contributed by atoms with E-state index in [0.717, 1.165) is 28.0 Å². The van der Waals surface area contributed by atoms with Gasteiger partial charge >= 0.3 is 0 Å². The van der Waals surface area contributed by atoms with Gasteiger partial charge in [-0.25, -0.2) is 14.4 Å². The predicted octanol–water partition coefficient (Wildman–Crippen LogP) is 4.58. The SMILES string of the molecule is Cc1nc(Cl)ccc1-c1nc2ccncc2n1-c1ccc(F)cc1. The van der Waals surface area contributed by atoms with Crippen molar-refractivity contribution in [3.05, 3.63) is 71.5 Å². The van der Waals surface area contributed by atoms with Gasteiger partial charge in [-0.3, -0.25) is 9.55 Å². The highest BCUT2D eigenvalue weighted by Crippen LogP contribution is 2.30. The van der Waals surface area contributed by atoms with Gasteiger partial charge < -0.3 is 0 Å². The van der Waals surface area contributed by atoms with Crippen LogP contribution in [0.1, 0.15) is 5.69 Å². The van der Waals surface area contributed by atoms with Gasteiger partial charge in [0.2, 0.25) is 0 Å². The Morgan fingerprint density at radius 3 is 2.54 bits per heavy atom. The molecule has 0 unspecified atom stereocenters. The molecule has 0 fully saturated rings. The Morgan fingerprint density at radius 1 is 1.00 bits per heavy atom. The molecule has 1 aromatic carbocycles. The molecule has 0 atom stereocenters. The maximum absolute atomic E-state index is 13.3. The highest BCUT2D eigenvalue weighted by molar-refractivity contribution is 6.29. The van der Waals surface area contributed by atoms with Gasteiger partial charge in [-0.2, -0.15) is 0 Å². The van der Waals surface area contributed by atoms with Crippen molar-refractivity contribution in [2.45, 2.75) is 6.92 Å².